The van der Waals surface area contributed by atoms with Crippen LogP contribution in [0.25, 0.3) is 0 Å². The monoisotopic (exact) mass is 253 g/mol. The summed E-state index contributed by atoms with van der Waals surface area (Å²) >= 11 is 0. The Balaban J connectivity index is 2.12. The summed E-state index contributed by atoms with van der Waals surface area (Å²) in [6, 6.07) is 15.8. The van der Waals surface area contributed by atoms with E-state index in [4.69, 9.17) is 0 Å². The van der Waals surface area contributed by atoms with Crippen LogP contribution in [0.15, 0.2) is 48.5 Å². The third-order valence-corrected chi connectivity index (χ3v) is 3.31. The summed E-state index contributed by atoms with van der Waals surface area (Å²) < 4.78 is 0. The van der Waals surface area contributed by atoms with Crippen molar-refractivity contribution in [3.05, 3.63) is 70.8 Å². The lowest BCUT2D eigenvalue weighted by molar-refractivity contribution is 0.0785. The first kappa shape index (κ1) is 13.3. The first-order valence-electron chi connectivity index (χ1n) is 6.44. The molecule has 2 nitrogen and oxygen atoms in total. The minimum Gasteiger partial charge on any atom is -0.337 e. The fourth-order valence-electron chi connectivity index (χ4n) is 2.03. The summed E-state index contributed by atoms with van der Waals surface area (Å²) in [6.45, 7) is 4.73. The highest BCUT2D eigenvalue weighted by molar-refractivity contribution is 5.94. The number of aryl methyl sites for hydroxylation is 2. The second-order valence-electron chi connectivity index (χ2n) is 4.95. The van der Waals surface area contributed by atoms with E-state index in [-0.39, 0.29) is 5.91 Å². The number of carbonyl (C=O) groups excluding carboxylic acids is 1. The fourth-order valence-corrected chi connectivity index (χ4v) is 2.03. The summed E-state index contributed by atoms with van der Waals surface area (Å²) in [7, 11) is 1.84. The summed E-state index contributed by atoms with van der Waals surface area (Å²) in [4.78, 5) is 14.1. The molecule has 0 aliphatic rings. The van der Waals surface area contributed by atoms with Gasteiger partial charge in [-0.3, -0.25) is 4.79 Å². The predicted octanol–water partition coefficient (Wildman–Crippen LogP) is 3.58. The van der Waals surface area contributed by atoms with Gasteiger partial charge in [0.2, 0.25) is 0 Å². The third-order valence-electron chi connectivity index (χ3n) is 3.31. The van der Waals surface area contributed by atoms with Crippen molar-refractivity contribution in [2.45, 2.75) is 20.4 Å². The van der Waals surface area contributed by atoms with Crippen LogP contribution >= 0.6 is 0 Å². The lowest BCUT2D eigenvalue weighted by Gasteiger charge is -2.18. The molecule has 0 fully saturated rings. The lowest BCUT2D eigenvalue weighted by Crippen LogP contribution is -2.26. The molecule has 0 heterocycles. The molecule has 0 saturated carbocycles. The van der Waals surface area contributed by atoms with Gasteiger partial charge in [-0.05, 0) is 37.1 Å². The Morgan fingerprint density at radius 2 is 1.63 bits per heavy atom. The molecule has 2 heteroatoms. The number of rotatable bonds is 3. The predicted molar refractivity (Wildman–Crippen MR) is 78.2 cm³/mol. The van der Waals surface area contributed by atoms with E-state index in [1.165, 1.54) is 11.1 Å². The van der Waals surface area contributed by atoms with E-state index < -0.39 is 0 Å². The Hall–Kier alpha value is -2.09. The molecule has 0 aromatic heterocycles. The second kappa shape index (κ2) is 5.70. The summed E-state index contributed by atoms with van der Waals surface area (Å²) in [5, 5.41) is 0. The molecule has 2 aromatic carbocycles. The molecule has 0 aliphatic carbocycles. The van der Waals surface area contributed by atoms with Gasteiger partial charge < -0.3 is 4.90 Å². The highest BCUT2D eigenvalue weighted by atomic mass is 16.2. The van der Waals surface area contributed by atoms with Gasteiger partial charge in [-0.15, -0.1) is 0 Å². The van der Waals surface area contributed by atoms with E-state index in [1.54, 1.807) is 4.90 Å². The molecule has 0 N–H and O–H groups in total. The van der Waals surface area contributed by atoms with Crippen molar-refractivity contribution in [3.63, 3.8) is 0 Å². The van der Waals surface area contributed by atoms with Crippen LogP contribution in [0.4, 0.5) is 0 Å². The summed E-state index contributed by atoms with van der Waals surface area (Å²) in [5.41, 5.74) is 4.30. The number of amides is 1. The maximum atomic E-state index is 12.3. The van der Waals surface area contributed by atoms with Gasteiger partial charge in [0.15, 0.2) is 0 Å². The fraction of sp³-hybridized carbons (Fsp3) is 0.235. The van der Waals surface area contributed by atoms with E-state index in [0.717, 1.165) is 11.1 Å². The molecule has 98 valence electrons. The van der Waals surface area contributed by atoms with Crippen LogP contribution < -0.4 is 0 Å². The number of benzene rings is 2. The van der Waals surface area contributed by atoms with Crippen LogP contribution in [0.2, 0.25) is 0 Å². The summed E-state index contributed by atoms with van der Waals surface area (Å²) in [6.07, 6.45) is 0. The molecule has 2 rings (SSSR count). The Kier molecular flexibility index (Phi) is 4.00. The molecule has 19 heavy (non-hydrogen) atoms. The van der Waals surface area contributed by atoms with Crippen molar-refractivity contribution in [1.29, 1.82) is 0 Å². The maximum Gasteiger partial charge on any atom is 0.253 e. The minimum atomic E-state index is 0.0586. The van der Waals surface area contributed by atoms with Crippen LogP contribution in [0.3, 0.4) is 0 Å². The van der Waals surface area contributed by atoms with Gasteiger partial charge in [-0.25, -0.2) is 0 Å². The zero-order valence-corrected chi connectivity index (χ0v) is 11.7. The van der Waals surface area contributed by atoms with E-state index in [1.807, 2.05) is 50.4 Å². The van der Waals surface area contributed by atoms with Crippen molar-refractivity contribution in [3.8, 4) is 0 Å². The normalized spacial score (nSPS) is 10.3. The molecular formula is C17H19NO. The Bertz CT molecular complexity index is 572. The number of nitrogens with zero attached hydrogens (tertiary/aromatic N) is 1. The quantitative estimate of drug-likeness (QED) is 0.818. The van der Waals surface area contributed by atoms with Crippen molar-refractivity contribution < 1.29 is 4.79 Å². The molecular weight excluding hydrogens is 234 g/mol. The SMILES string of the molecule is Cc1ccc(C(=O)N(C)Cc2ccccc2C)cc1. The highest BCUT2D eigenvalue weighted by Gasteiger charge is 2.12. The third kappa shape index (κ3) is 3.22. The van der Waals surface area contributed by atoms with Crippen LogP contribution in [-0.4, -0.2) is 17.9 Å². The number of carbonyl (C=O) groups is 1. The standard InChI is InChI=1S/C17H19NO/c1-13-8-10-15(11-9-13)17(19)18(3)12-16-7-5-4-6-14(16)2/h4-11H,12H2,1-3H3. The van der Waals surface area contributed by atoms with Crippen molar-refractivity contribution in [2.75, 3.05) is 7.05 Å². The molecule has 0 unspecified atom stereocenters. The average Bonchev–Trinajstić information content (AvgIpc) is 2.41. The molecule has 0 bridgehead atoms. The average molecular weight is 253 g/mol. The lowest BCUT2D eigenvalue weighted by atomic mass is 10.1. The maximum absolute atomic E-state index is 12.3. The zero-order valence-electron chi connectivity index (χ0n) is 11.7. The number of hydrogen-bond donors (Lipinski definition) is 0. The molecule has 0 radical (unpaired) electrons. The Labute approximate surface area is 114 Å². The molecule has 0 atom stereocenters. The van der Waals surface area contributed by atoms with E-state index >= 15 is 0 Å². The van der Waals surface area contributed by atoms with Gasteiger partial charge in [0, 0.05) is 19.2 Å². The zero-order chi connectivity index (χ0) is 13.8. The van der Waals surface area contributed by atoms with Crippen molar-refractivity contribution >= 4 is 5.91 Å². The van der Waals surface area contributed by atoms with Gasteiger partial charge in [0.1, 0.15) is 0 Å². The van der Waals surface area contributed by atoms with Crippen LogP contribution in [0.5, 0.6) is 0 Å². The number of hydrogen-bond acceptors (Lipinski definition) is 1. The van der Waals surface area contributed by atoms with E-state index in [0.29, 0.717) is 6.54 Å². The first-order chi connectivity index (χ1) is 9.08. The summed E-state index contributed by atoms with van der Waals surface area (Å²) in [5.74, 6) is 0.0586. The molecule has 0 saturated heterocycles. The van der Waals surface area contributed by atoms with Gasteiger partial charge in [0.25, 0.3) is 5.91 Å². The van der Waals surface area contributed by atoms with Gasteiger partial charge >= 0.3 is 0 Å². The van der Waals surface area contributed by atoms with Gasteiger partial charge in [-0.1, -0.05) is 42.0 Å². The largest absolute Gasteiger partial charge is 0.337 e. The Morgan fingerprint density at radius 1 is 1.00 bits per heavy atom. The van der Waals surface area contributed by atoms with Crippen LogP contribution in [0, 0.1) is 13.8 Å². The molecule has 0 aliphatic heterocycles. The topological polar surface area (TPSA) is 20.3 Å². The smallest absolute Gasteiger partial charge is 0.253 e. The Morgan fingerprint density at radius 3 is 2.26 bits per heavy atom. The molecule has 2 aromatic rings. The minimum absolute atomic E-state index is 0.0586. The second-order valence-corrected chi connectivity index (χ2v) is 4.95. The van der Waals surface area contributed by atoms with Gasteiger partial charge in [-0.2, -0.15) is 0 Å². The van der Waals surface area contributed by atoms with Crippen LogP contribution in [0.1, 0.15) is 27.0 Å². The van der Waals surface area contributed by atoms with E-state index in [2.05, 4.69) is 19.1 Å². The van der Waals surface area contributed by atoms with Crippen LogP contribution in [-0.2, 0) is 6.54 Å². The van der Waals surface area contributed by atoms with Gasteiger partial charge in [0.05, 0.1) is 0 Å². The molecule has 1 amide bonds. The highest BCUT2D eigenvalue weighted by Crippen LogP contribution is 2.12. The van der Waals surface area contributed by atoms with E-state index in [9.17, 15) is 4.79 Å². The van der Waals surface area contributed by atoms with Crippen molar-refractivity contribution in [2.24, 2.45) is 0 Å². The first-order valence-corrected chi connectivity index (χ1v) is 6.44. The molecule has 0 spiro atoms. The van der Waals surface area contributed by atoms with Crippen molar-refractivity contribution in [1.82, 2.24) is 4.90 Å².